The van der Waals surface area contributed by atoms with E-state index in [1.165, 1.54) is 0 Å². The summed E-state index contributed by atoms with van der Waals surface area (Å²) in [7, 11) is -34.4. The van der Waals surface area contributed by atoms with Gasteiger partial charge >= 0.3 is 58.3 Å². The molecule has 2 saturated heterocycles. The Hall–Kier alpha value is -2.20. The van der Waals surface area contributed by atoms with Crippen molar-refractivity contribution in [3.05, 3.63) is 66.2 Å². The second kappa shape index (κ2) is 20.0. The monoisotopic (exact) mass is 1070 g/mol. The number of H-pyrrole nitrogens is 2. The van der Waals surface area contributed by atoms with Crippen LogP contribution in [0.2, 0.25) is 0 Å². The lowest BCUT2D eigenvalue weighted by Gasteiger charge is -2.34. The lowest BCUT2D eigenvalue weighted by molar-refractivity contribution is -0.129. The van der Waals surface area contributed by atoms with Gasteiger partial charge in [0, 0.05) is 24.5 Å². The van der Waals surface area contributed by atoms with Crippen molar-refractivity contribution in [2.45, 2.75) is 80.5 Å². The maximum absolute atomic E-state index is 13.8. The molecule has 65 heavy (non-hydrogen) atoms. The van der Waals surface area contributed by atoms with Crippen molar-refractivity contribution in [3.8, 4) is 0 Å². The van der Waals surface area contributed by atoms with Gasteiger partial charge in [0.1, 0.15) is 43.4 Å². The topological polar surface area (TPSA) is 529 Å². The predicted octanol–water partition coefficient (Wildman–Crippen LogP) is -3.16. The van der Waals surface area contributed by atoms with Gasteiger partial charge in [0.25, 0.3) is 11.1 Å². The molecular formula is C23H38F2N4O30P6. The van der Waals surface area contributed by atoms with Crippen molar-refractivity contribution in [1.82, 2.24) is 19.1 Å². The van der Waals surface area contributed by atoms with Crippen molar-refractivity contribution >= 4 is 46.9 Å². The Morgan fingerprint density at radius 3 is 1.45 bits per heavy atom. The van der Waals surface area contributed by atoms with Gasteiger partial charge in [-0.2, -0.15) is 17.2 Å². The van der Waals surface area contributed by atoms with Crippen LogP contribution >= 0.6 is 46.9 Å². The third kappa shape index (κ3) is 14.7. The van der Waals surface area contributed by atoms with E-state index in [1.807, 2.05) is 4.98 Å². The summed E-state index contributed by atoms with van der Waals surface area (Å²) < 4.78 is 131. The Kier molecular flexibility index (Phi) is 17.6. The molecule has 0 saturated carbocycles. The van der Waals surface area contributed by atoms with Gasteiger partial charge in [0.2, 0.25) is 0 Å². The standard InChI is InChI=1S/C12H20FN2O15P3.C11H18FN2O15P3/c1-11(2,28-32(23,24)30-33(25,26)29-31(20,21)22)8-7(17)12(19,5-13)9(27-8)15-4-3-6(16)14-10(15)18;1-5(27-31(22,23)29-32(24,25)28-30(19,20)21)7-8(16)11(18,4-12)9(26-7)14-3-2-6(15)13-10(14)17/h3-4,7-9,17,19H,5H2,1-2H3,(H,23,24)(H,25,26)(H,14,16,18)(H2,20,21,22);2-3,5,7-9,16,18H,4H2,1H3,(H,22,23)(H,24,25)(H,13,15,17)(H2,19,20,21)/t7-,8-,9+,12?;5-,7-,8+,9-,11?/m01/s1. The van der Waals surface area contributed by atoms with Crippen LogP contribution in [0.15, 0.2) is 43.7 Å². The molecule has 0 aliphatic carbocycles. The molecule has 0 aromatic carbocycles. The first-order chi connectivity index (χ1) is 29.1. The minimum atomic E-state index is -5.86. The number of halogens is 2. The van der Waals surface area contributed by atoms with Crippen molar-refractivity contribution < 1.29 is 132 Å². The Morgan fingerprint density at radius 1 is 0.677 bits per heavy atom. The lowest BCUT2D eigenvalue weighted by atomic mass is 9.88. The minimum absolute atomic E-state index is 0.516. The van der Waals surface area contributed by atoms with Crippen LogP contribution in [0.3, 0.4) is 0 Å². The smallest absolute Gasteiger partial charge is 0.387 e. The largest absolute Gasteiger partial charge is 0.490 e. The van der Waals surface area contributed by atoms with E-state index < -0.39 is 143 Å². The highest BCUT2D eigenvalue weighted by molar-refractivity contribution is 7.67. The van der Waals surface area contributed by atoms with E-state index in [9.17, 15) is 90.5 Å². The number of alkyl halides is 2. The Balaban J connectivity index is 0.000000345. The fourth-order valence-electron chi connectivity index (χ4n) is 5.76. The van der Waals surface area contributed by atoms with Crippen LogP contribution in [0.25, 0.3) is 0 Å². The van der Waals surface area contributed by atoms with E-state index in [0.717, 1.165) is 45.3 Å². The number of ether oxygens (including phenoxy) is 2. The summed E-state index contributed by atoms with van der Waals surface area (Å²) in [5.41, 5.74) is -11.9. The third-order valence-electron chi connectivity index (χ3n) is 8.30. The van der Waals surface area contributed by atoms with E-state index >= 15 is 0 Å². The van der Waals surface area contributed by atoms with Crippen LogP contribution in [0, 0.1) is 0 Å². The molecule has 2 aromatic heterocycles. The van der Waals surface area contributed by atoms with E-state index in [1.54, 1.807) is 4.98 Å². The summed E-state index contributed by atoms with van der Waals surface area (Å²) in [6.07, 6.45) is -12.4. The predicted molar refractivity (Wildman–Crippen MR) is 198 cm³/mol. The highest BCUT2D eigenvalue weighted by atomic mass is 31.3. The summed E-state index contributed by atoms with van der Waals surface area (Å²) in [4.78, 5) is 122. The number of nitrogens with one attached hydrogen (secondary N) is 2. The van der Waals surface area contributed by atoms with Gasteiger partial charge in [0.05, 0.1) is 6.10 Å². The zero-order valence-electron chi connectivity index (χ0n) is 32.3. The maximum Gasteiger partial charge on any atom is 0.490 e. The minimum Gasteiger partial charge on any atom is -0.387 e. The van der Waals surface area contributed by atoms with Gasteiger partial charge in [-0.25, -0.2) is 45.8 Å². The highest BCUT2D eigenvalue weighted by Crippen LogP contribution is 2.68. The number of aromatic nitrogens is 4. The molecule has 0 spiro atoms. The van der Waals surface area contributed by atoms with E-state index in [4.69, 9.17) is 33.9 Å². The number of phosphoric ester groups is 2. The van der Waals surface area contributed by atoms with Crippen LogP contribution < -0.4 is 22.5 Å². The summed E-state index contributed by atoms with van der Waals surface area (Å²) in [6.45, 7) is -0.663. The molecule has 2 fully saturated rings. The molecule has 6 unspecified atom stereocenters. The Labute approximate surface area is 357 Å². The van der Waals surface area contributed by atoms with Crippen LogP contribution in [0.1, 0.15) is 33.2 Å². The normalized spacial score (nSPS) is 30.5. The average Bonchev–Trinajstić information content (AvgIpc) is 3.50. The first kappa shape index (κ1) is 57.1. The molecule has 2 aromatic rings. The number of aromatic amines is 2. The molecule has 4 heterocycles. The second-order valence-electron chi connectivity index (χ2n) is 13.7. The third-order valence-corrected chi connectivity index (χ3v) is 16.3. The summed E-state index contributed by atoms with van der Waals surface area (Å²) in [5, 5.41) is 41.9. The van der Waals surface area contributed by atoms with E-state index in [0.29, 0.717) is 9.13 Å². The van der Waals surface area contributed by atoms with Gasteiger partial charge in [-0.1, -0.05) is 0 Å². The molecule has 42 heteroatoms. The molecule has 374 valence electrons. The first-order valence-corrected chi connectivity index (χ1v) is 25.7. The zero-order chi connectivity index (χ0) is 50.3. The number of hydrogen-bond donors (Lipinski definition) is 14. The second-order valence-corrected chi connectivity index (χ2v) is 22.4. The van der Waals surface area contributed by atoms with E-state index in [-0.39, 0.29) is 0 Å². The molecule has 4 rings (SSSR count). The molecule has 2 aliphatic heterocycles. The maximum atomic E-state index is 13.8. The number of rotatable bonds is 18. The van der Waals surface area contributed by atoms with Crippen LogP contribution in [0.5, 0.6) is 0 Å². The molecule has 34 nitrogen and oxygen atoms in total. The zero-order valence-corrected chi connectivity index (χ0v) is 37.7. The highest BCUT2D eigenvalue weighted by Gasteiger charge is 2.63. The fraction of sp³-hybridized carbons (Fsp3) is 0.652. The Bertz CT molecular complexity index is 2590. The molecule has 0 bridgehead atoms. The fourth-order valence-corrected chi connectivity index (χ4v) is 12.3. The number of hydrogen-bond acceptors (Lipinski definition) is 22. The number of phosphoric acid groups is 6. The van der Waals surface area contributed by atoms with E-state index in [2.05, 4.69) is 26.3 Å². The summed E-state index contributed by atoms with van der Waals surface area (Å²) in [6, 6.07) is 1.64. The summed E-state index contributed by atoms with van der Waals surface area (Å²) >= 11 is 0. The van der Waals surface area contributed by atoms with Crippen molar-refractivity contribution in [2.24, 2.45) is 0 Å². The summed E-state index contributed by atoms with van der Waals surface area (Å²) in [5.74, 6) is 0. The molecule has 0 radical (unpaired) electrons. The molecule has 14 N–H and O–H groups in total. The molecular weight excluding hydrogens is 1040 g/mol. The SMILES string of the molecule is CC(C)(OP(=O)(O)OP(=O)(O)OP(=O)(O)O)[C@H]1O[C@@H](n2ccc(=O)[nH]c2=O)C(O)(CF)[C@H]1O.C[C@@H](OP(=O)(O)OP(=O)(O)OP(=O)(O)O)[C@H]1O[C@@H](n2ccc(=O)[nH]c2=O)C(O)(CF)[C@H]1O. The average molecular weight is 1070 g/mol. The van der Waals surface area contributed by atoms with Crippen LogP contribution in [0.4, 0.5) is 8.78 Å². The lowest BCUT2D eigenvalue weighted by Crippen LogP contribution is -2.53. The van der Waals surface area contributed by atoms with Crippen LogP contribution in [-0.4, -0.2) is 139 Å². The van der Waals surface area contributed by atoms with Crippen LogP contribution in [-0.2, 0) is 63.2 Å². The van der Waals surface area contributed by atoms with Crippen molar-refractivity contribution in [2.75, 3.05) is 13.3 Å². The number of aliphatic hydroxyl groups excluding tert-OH is 2. The van der Waals surface area contributed by atoms with Crippen molar-refractivity contribution in [3.63, 3.8) is 0 Å². The van der Waals surface area contributed by atoms with Gasteiger partial charge in [-0.3, -0.25) is 37.7 Å². The first-order valence-electron chi connectivity index (χ1n) is 16.7. The van der Waals surface area contributed by atoms with Gasteiger partial charge in [-0.15, -0.1) is 0 Å². The number of nitrogens with zero attached hydrogens (tertiary/aromatic N) is 2. The Morgan fingerprint density at radius 2 is 1.06 bits per heavy atom. The quantitative estimate of drug-likeness (QED) is 0.0656. The molecule has 2 aliphatic rings. The van der Waals surface area contributed by atoms with Gasteiger partial charge < -0.3 is 69.0 Å². The number of aliphatic hydroxyl groups is 4. The van der Waals surface area contributed by atoms with Gasteiger partial charge in [-0.05, 0) is 20.8 Å². The molecule has 13 atom stereocenters. The van der Waals surface area contributed by atoms with Crippen molar-refractivity contribution in [1.29, 1.82) is 0 Å². The molecule has 0 amide bonds. The van der Waals surface area contributed by atoms with Gasteiger partial charge in [0.15, 0.2) is 23.7 Å².